The number of hydrogen-bond acceptors (Lipinski definition) is 5. The van der Waals surface area contributed by atoms with Gasteiger partial charge in [0, 0.05) is 23.2 Å². The molecule has 0 aliphatic carbocycles. The normalized spacial score (nSPS) is 10.3. The number of aryl methyl sites for hydroxylation is 1. The first-order valence-corrected chi connectivity index (χ1v) is 6.48. The first-order chi connectivity index (χ1) is 9.47. The second-order valence-corrected chi connectivity index (χ2v) is 4.93. The fourth-order valence-corrected chi connectivity index (χ4v) is 2.25. The molecule has 0 fully saturated rings. The minimum atomic E-state index is -0.802. The molecule has 0 saturated heterocycles. The van der Waals surface area contributed by atoms with Gasteiger partial charge in [-0.25, -0.2) is 9.37 Å². The molecule has 0 radical (unpaired) electrons. The molecule has 0 unspecified atom stereocenters. The van der Waals surface area contributed by atoms with E-state index in [4.69, 9.17) is 0 Å². The van der Waals surface area contributed by atoms with Crippen LogP contribution in [0.5, 0.6) is 0 Å². The van der Waals surface area contributed by atoms with Crippen molar-refractivity contribution in [2.45, 2.75) is 13.5 Å². The first kappa shape index (κ1) is 14.1. The maximum absolute atomic E-state index is 13.5. The van der Waals surface area contributed by atoms with Gasteiger partial charge < -0.3 is 5.32 Å². The van der Waals surface area contributed by atoms with E-state index in [2.05, 4.69) is 10.3 Å². The third-order valence-electron chi connectivity index (χ3n) is 2.47. The van der Waals surface area contributed by atoms with Gasteiger partial charge in [-0.1, -0.05) is 0 Å². The van der Waals surface area contributed by atoms with E-state index in [0.29, 0.717) is 5.01 Å². The van der Waals surface area contributed by atoms with Crippen molar-refractivity contribution in [3.63, 3.8) is 0 Å². The molecule has 1 heterocycles. The predicted octanol–water partition coefficient (Wildman–Crippen LogP) is 2.43. The van der Waals surface area contributed by atoms with Crippen molar-refractivity contribution in [2.24, 2.45) is 0 Å². The van der Waals surface area contributed by atoms with Gasteiger partial charge in [0.25, 0.3) is 11.6 Å². The zero-order valence-electron chi connectivity index (χ0n) is 10.4. The standard InChI is InChI=1S/C12H10FN3O3S/c1-7-6-20-11(15-7)5-14-12(17)9-4-8(16(18)19)2-3-10(9)13/h2-4,6H,5H2,1H3,(H,14,17). The second kappa shape index (κ2) is 5.74. The van der Waals surface area contributed by atoms with Crippen LogP contribution < -0.4 is 5.32 Å². The van der Waals surface area contributed by atoms with Gasteiger partial charge in [-0.3, -0.25) is 14.9 Å². The highest BCUT2D eigenvalue weighted by atomic mass is 32.1. The van der Waals surface area contributed by atoms with Crippen LogP contribution in [-0.4, -0.2) is 15.8 Å². The largest absolute Gasteiger partial charge is 0.345 e. The molecule has 6 nitrogen and oxygen atoms in total. The van der Waals surface area contributed by atoms with Crippen LogP contribution in [0, 0.1) is 22.9 Å². The van der Waals surface area contributed by atoms with E-state index in [0.717, 1.165) is 23.9 Å². The molecule has 1 N–H and O–H groups in total. The highest BCUT2D eigenvalue weighted by molar-refractivity contribution is 7.09. The number of nitro groups is 1. The fraction of sp³-hybridized carbons (Fsp3) is 0.167. The van der Waals surface area contributed by atoms with E-state index in [1.165, 1.54) is 11.3 Å². The van der Waals surface area contributed by atoms with E-state index >= 15 is 0 Å². The average molecular weight is 295 g/mol. The second-order valence-electron chi connectivity index (χ2n) is 3.99. The predicted molar refractivity (Wildman–Crippen MR) is 71.1 cm³/mol. The van der Waals surface area contributed by atoms with Crippen LogP contribution in [0.4, 0.5) is 10.1 Å². The minimum absolute atomic E-state index is 0.152. The van der Waals surface area contributed by atoms with E-state index in [1.807, 2.05) is 12.3 Å². The molecular formula is C12H10FN3O3S. The molecule has 0 spiro atoms. The van der Waals surface area contributed by atoms with Crippen LogP contribution in [0.1, 0.15) is 21.1 Å². The molecular weight excluding hydrogens is 285 g/mol. The van der Waals surface area contributed by atoms with E-state index in [1.54, 1.807) is 0 Å². The van der Waals surface area contributed by atoms with Crippen LogP contribution in [0.25, 0.3) is 0 Å². The lowest BCUT2D eigenvalue weighted by atomic mass is 10.1. The van der Waals surface area contributed by atoms with Gasteiger partial charge in [-0.2, -0.15) is 0 Å². The monoisotopic (exact) mass is 295 g/mol. The molecule has 0 saturated carbocycles. The van der Waals surface area contributed by atoms with Gasteiger partial charge in [-0.15, -0.1) is 11.3 Å². The Morgan fingerprint density at radius 2 is 2.30 bits per heavy atom. The number of nitrogens with zero attached hydrogens (tertiary/aromatic N) is 2. The number of carbonyl (C=O) groups excluding carboxylic acids is 1. The topological polar surface area (TPSA) is 85.1 Å². The lowest BCUT2D eigenvalue weighted by molar-refractivity contribution is -0.384. The van der Waals surface area contributed by atoms with Gasteiger partial charge >= 0.3 is 0 Å². The summed E-state index contributed by atoms with van der Waals surface area (Å²) in [5.41, 5.74) is 0.148. The lowest BCUT2D eigenvalue weighted by Crippen LogP contribution is -2.23. The van der Waals surface area contributed by atoms with Gasteiger partial charge in [-0.05, 0) is 13.0 Å². The summed E-state index contributed by atoms with van der Waals surface area (Å²) >= 11 is 1.37. The number of amides is 1. The first-order valence-electron chi connectivity index (χ1n) is 5.60. The summed E-state index contributed by atoms with van der Waals surface area (Å²) in [4.78, 5) is 25.9. The highest BCUT2D eigenvalue weighted by Crippen LogP contribution is 2.17. The number of nitro benzene ring substituents is 1. The fourth-order valence-electron chi connectivity index (χ4n) is 1.54. The lowest BCUT2D eigenvalue weighted by Gasteiger charge is -2.04. The quantitative estimate of drug-likeness (QED) is 0.693. The van der Waals surface area contributed by atoms with Crippen molar-refractivity contribution in [3.05, 3.63) is 55.8 Å². The number of halogens is 1. The Hall–Kier alpha value is -2.35. The van der Waals surface area contributed by atoms with Crippen LogP contribution in [-0.2, 0) is 6.54 Å². The van der Waals surface area contributed by atoms with Crippen molar-refractivity contribution < 1.29 is 14.1 Å². The molecule has 0 bridgehead atoms. The maximum Gasteiger partial charge on any atom is 0.270 e. The van der Waals surface area contributed by atoms with E-state index in [-0.39, 0.29) is 17.8 Å². The van der Waals surface area contributed by atoms with Crippen LogP contribution in [0.3, 0.4) is 0 Å². The molecule has 0 aliphatic rings. The molecule has 104 valence electrons. The average Bonchev–Trinajstić information content (AvgIpc) is 2.82. The Morgan fingerprint density at radius 3 is 2.90 bits per heavy atom. The molecule has 2 rings (SSSR count). The summed E-state index contributed by atoms with van der Waals surface area (Å²) in [6.07, 6.45) is 0. The number of nitrogens with one attached hydrogen (secondary N) is 1. The molecule has 20 heavy (non-hydrogen) atoms. The Kier molecular flexibility index (Phi) is 4.04. The highest BCUT2D eigenvalue weighted by Gasteiger charge is 2.16. The molecule has 0 atom stereocenters. The Balaban J connectivity index is 2.12. The summed E-state index contributed by atoms with van der Waals surface area (Å²) in [7, 11) is 0. The zero-order chi connectivity index (χ0) is 14.7. The molecule has 1 aromatic carbocycles. The van der Waals surface area contributed by atoms with E-state index < -0.39 is 16.6 Å². The van der Waals surface area contributed by atoms with Crippen molar-refractivity contribution in [1.82, 2.24) is 10.3 Å². The third kappa shape index (κ3) is 3.15. The van der Waals surface area contributed by atoms with Crippen molar-refractivity contribution in [3.8, 4) is 0 Å². The van der Waals surface area contributed by atoms with Crippen molar-refractivity contribution >= 4 is 22.9 Å². The van der Waals surface area contributed by atoms with Crippen LogP contribution in [0.15, 0.2) is 23.6 Å². The summed E-state index contributed by atoms with van der Waals surface area (Å²) in [6, 6.07) is 2.83. The van der Waals surface area contributed by atoms with Gasteiger partial charge in [0.1, 0.15) is 10.8 Å². The molecule has 1 amide bonds. The zero-order valence-corrected chi connectivity index (χ0v) is 11.2. The number of hydrogen-bond donors (Lipinski definition) is 1. The Morgan fingerprint density at radius 1 is 1.55 bits per heavy atom. The van der Waals surface area contributed by atoms with Gasteiger partial charge in [0.05, 0.1) is 17.0 Å². The van der Waals surface area contributed by atoms with Crippen LogP contribution in [0.2, 0.25) is 0 Å². The number of benzene rings is 1. The summed E-state index contributed by atoms with van der Waals surface area (Å²) in [5.74, 6) is -1.51. The van der Waals surface area contributed by atoms with Crippen molar-refractivity contribution in [2.75, 3.05) is 0 Å². The van der Waals surface area contributed by atoms with Crippen molar-refractivity contribution in [1.29, 1.82) is 0 Å². The van der Waals surface area contributed by atoms with Crippen LogP contribution >= 0.6 is 11.3 Å². The molecule has 8 heteroatoms. The number of aromatic nitrogens is 1. The third-order valence-corrected chi connectivity index (χ3v) is 3.44. The summed E-state index contributed by atoms with van der Waals surface area (Å²) in [5, 5.41) is 15.6. The number of carbonyl (C=O) groups is 1. The van der Waals surface area contributed by atoms with E-state index in [9.17, 15) is 19.3 Å². The Bertz CT molecular complexity index is 672. The maximum atomic E-state index is 13.5. The van der Waals surface area contributed by atoms with Gasteiger partial charge in [0.2, 0.25) is 0 Å². The Labute approximate surface area is 117 Å². The number of non-ortho nitro benzene ring substituents is 1. The molecule has 2 aromatic rings. The summed E-state index contributed by atoms with van der Waals surface area (Å²) in [6.45, 7) is 1.97. The van der Waals surface area contributed by atoms with Gasteiger partial charge in [0.15, 0.2) is 0 Å². The minimum Gasteiger partial charge on any atom is -0.345 e. The SMILES string of the molecule is Cc1csc(CNC(=O)c2cc([N+](=O)[O-])ccc2F)n1. The molecule has 0 aliphatic heterocycles. The number of thiazole rings is 1. The smallest absolute Gasteiger partial charge is 0.270 e. The summed E-state index contributed by atoms with van der Waals surface area (Å²) < 4.78 is 13.5. The molecule has 1 aromatic heterocycles. The number of rotatable bonds is 4.